The van der Waals surface area contributed by atoms with Crippen LogP contribution >= 0.6 is 0 Å². The standard InChI is InChI=1S/C10H12N4O4/c1-2-3-14-8-7(9(17)13-10(14)18)11-5(12-8)4-6(15)16/h2-4H2,1H3,(H,11,12)(H,15,16)(H,13,17,18). The van der Waals surface area contributed by atoms with E-state index in [1.54, 1.807) is 0 Å². The quantitative estimate of drug-likeness (QED) is 0.674. The van der Waals surface area contributed by atoms with Gasteiger partial charge >= 0.3 is 11.7 Å². The molecule has 18 heavy (non-hydrogen) atoms. The summed E-state index contributed by atoms with van der Waals surface area (Å²) in [5, 5.41) is 8.67. The molecule has 8 heteroatoms. The van der Waals surface area contributed by atoms with Gasteiger partial charge in [-0.25, -0.2) is 9.78 Å². The second-order valence-electron chi connectivity index (χ2n) is 3.86. The number of aromatic amines is 2. The summed E-state index contributed by atoms with van der Waals surface area (Å²) in [4.78, 5) is 42.6. The van der Waals surface area contributed by atoms with Crippen molar-refractivity contribution in [3.05, 3.63) is 26.7 Å². The maximum Gasteiger partial charge on any atom is 0.330 e. The van der Waals surface area contributed by atoms with E-state index in [1.807, 2.05) is 6.92 Å². The van der Waals surface area contributed by atoms with Crippen LogP contribution in [0, 0.1) is 0 Å². The van der Waals surface area contributed by atoms with Crippen molar-refractivity contribution in [2.24, 2.45) is 0 Å². The molecule has 0 aliphatic rings. The molecule has 0 fully saturated rings. The average Bonchev–Trinajstić information content (AvgIpc) is 2.67. The van der Waals surface area contributed by atoms with Gasteiger partial charge in [0.05, 0.1) is 0 Å². The van der Waals surface area contributed by atoms with Crippen molar-refractivity contribution < 1.29 is 9.90 Å². The Morgan fingerprint density at radius 3 is 2.72 bits per heavy atom. The van der Waals surface area contributed by atoms with Crippen LogP contribution in [0.1, 0.15) is 19.2 Å². The van der Waals surface area contributed by atoms with Gasteiger partial charge in [0.25, 0.3) is 5.56 Å². The molecule has 0 amide bonds. The zero-order chi connectivity index (χ0) is 13.3. The van der Waals surface area contributed by atoms with E-state index in [0.29, 0.717) is 13.0 Å². The first-order valence-electron chi connectivity index (χ1n) is 5.46. The van der Waals surface area contributed by atoms with Crippen LogP contribution < -0.4 is 11.2 Å². The predicted molar refractivity (Wildman–Crippen MR) is 62.6 cm³/mol. The average molecular weight is 252 g/mol. The summed E-state index contributed by atoms with van der Waals surface area (Å²) < 4.78 is 1.32. The first-order valence-corrected chi connectivity index (χ1v) is 5.46. The second kappa shape index (κ2) is 4.47. The largest absolute Gasteiger partial charge is 0.481 e. The van der Waals surface area contributed by atoms with Crippen molar-refractivity contribution >= 4 is 17.1 Å². The maximum atomic E-state index is 11.6. The smallest absolute Gasteiger partial charge is 0.330 e. The van der Waals surface area contributed by atoms with Gasteiger partial charge in [-0.1, -0.05) is 6.92 Å². The third-order valence-electron chi connectivity index (χ3n) is 2.45. The fraction of sp³-hybridized carbons (Fsp3) is 0.400. The van der Waals surface area contributed by atoms with Gasteiger partial charge in [-0.2, -0.15) is 0 Å². The number of imidazole rings is 1. The molecule has 8 nitrogen and oxygen atoms in total. The van der Waals surface area contributed by atoms with E-state index in [2.05, 4.69) is 15.0 Å². The highest BCUT2D eigenvalue weighted by molar-refractivity contribution is 5.73. The summed E-state index contributed by atoms with van der Waals surface area (Å²) >= 11 is 0. The van der Waals surface area contributed by atoms with Crippen LogP contribution in [-0.2, 0) is 17.8 Å². The van der Waals surface area contributed by atoms with Crippen molar-refractivity contribution in [3.8, 4) is 0 Å². The number of carboxylic acids is 1. The molecule has 0 aliphatic carbocycles. The third-order valence-corrected chi connectivity index (χ3v) is 2.45. The Kier molecular flexibility index (Phi) is 3.00. The lowest BCUT2D eigenvalue weighted by Crippen LogP contribution is -2.30. The second-order valence-corrected chi connectivity index (χ2v) is 3.86. The van der Waals surface area contributed by atoms with Gasteiger partial charge in [-0.15, -0.1) is 0 Å². The monoisotopic (exact) mass is 252 g/mol. The summed E-state index contributed by atoms with van der Waals surface area (Å²) in [6.45, 7) is 2.29. The lowest BCUT2D eigenvalue weighted by Gasteiger charge is -2.02. The lowest BCUT2D eigenvalue weighted by atomic mass is 10.4. The number of nitrogens with one attached hydrogen (secondary N) is 2. The number of aliphatic carboxylic acids is 1. The van der Waals surface area contributed by atoms with Gasteiger partial charge in [0.2, 0.25) is 0 Å². The Morgan fingerprint density at radius 2 is 2.11 bits per heavy atom. The van der Waals surface area contributed by atoms with Gasteiger partial charge in [-0.05, 0) is 6.42 Å². The Labute approximate surface area is 100 Å². The highest BCUT2D eigenvalue weighted by Gasteiger charge is 2.13. The van der Waals surface area contributed by atoms with Crippen LogP contribution in [0.3, 0.4) is 0 Å². The third kappa shape index (κ3) is 2.04. The predicted octanol–water partition coefficient (Wildman–Crippen LogP) is -0.550. The molecular weight excluding hydrogens is 240 g/mol. The Hall–Kier alpha value is -2.38. The molecule has 0 atom stereocenters. The number of hydrogen-bond donors (Lipinski definition) is 3. The molecule has 2 aromatic rings. The van der Waals surface area contributed by atoms with Gasteiger partial charge in [0, 0.05) is 6.54 Å². The number of aromatic nitrogens is 4. The molecule has 0 unspecified atom stereocenters. The Bertz CT molecular complexity index is 709. The van der Waals surface area contributed by atoms with Crippen LogP contribution in [0.25, 0.3) is 11.2 Å². The first-order chi connectivity index (χ1) is 8.52. The van der Waals surface area contributed by atoms with Gasteiger partial charge < -0.3 is 10.1 Å². The maximum absolute atomic E-state index is 11.6. The number of carboxylic acid groups (broad SMARTS) is 1. The number of fused-ring (bicyclic) bond motifs is 1. The fourth-order valence-corrected chi connectivity index (χ4v) is 1.75. The molecule has 2 rings (SSSR count). The zero-order valence-corrected chi connectivity index (χ0v) is 9.69. The minimum Gasteiger partial charge on any atom is -0.481 e. The normalized spacial score (nSPS) is 10.9. The SMILES string of the molecule is CCCn1c(=O)[nH]c(=O)c2[nH]c(CC(=O)O)nc21. The minimum absolute atomic E-state index is 0.124. The Balaban J connectivity index is 2.69. The van der Waals surface area contributed by atoms with Crippen LogP contribution in [-0.4, -0.2) is 30.6 Å². The summed E-state index contributed by atoms with van der Waals surface area (Å²) in [6, 6.07) is 0. The molecule has 0 bridgehead atoms. The number of aryl methyl sites for hydroxylation is 1. The van der Waals surface area contributed by atoms with E-state index in [9.17, 15) is 14.4 Å². The topological polar surface area (TPSA) is 121 Å². The minimum atomic E-state index is -1.06. The Morgan fingerprint density at radius 1 is 1.39 bits per heavy atom. The summed E-state index contributed by atoms with van der Waals surface area (Å²) in [6.07, 6.45) is 0.372. The van der Waals surface area contributed by atoms with Crippen molar-refractivity contribution in [2.75, 3.05) is 0 Å². The van der Waals surface area contributed by atoms with E-state index in [0.717, 1.165) is 0 Å². The van der Waals surface area contributed by atoms with E-state index >= 15 is 0 Å². The number of carbonyl (C=O) groups is 1. The van der Waals surface area contributed by atoms with Gasteiger partial charge in [0.15, 0.2) is 5.65 Å². The van der Waals surface area contributed by atoms with Crippen molar-refractivity contribution in [1.82, 2.24) is 19.5 Å². The molecular formula is C10H12N4O4. The van der Waals surface area contributed by atoms with Crippen LogP contribution in [0.2, 0.25) is 0 Å². The number of nitrogens with zero attached hydrogens (tertiary/aromatic N) is 2. The van der Waals surface area contributed by atoms with E-state index in [1.165, 1.54) is 4.57 Å². The van der Waals surface area contributed by atoms with Gasteiger partial charge in [-0.3, -0.25) is 19.1 Å². The zero-order valence-electron chi connectivity index (χ0n) is 9.69. The van der Waals surface area contributed by atoms with Crippen LogP contribution in [0.15, 0.2) is 9.59 Å². The molecule has 0 radical (unpaired) electrons. The van der Waals surface area contributed by atoms with E-state index in [-0.39, 0.29) is 23.4 Å². The van der Waals surface area contributed by atoms with E-state index in [4.69, 9.17) is 5.11 Å². The molecule has 0 aliphatic heterocycles. The number of hydrogen-bond acceptors (Lipinski definition) is 4. The molecule has 0 aromatic carbocycles. The molecule has 96 valence electrons. The number of rotatable bonds is 4. The van der Waals surface area contributed by atoms with Crippen molar-refractivity contribution in [3.63, 3.8) is 0 Å². The molecule has 2 heterocycles. The highest BCUT2D eigenvalue weighted by atomic mass is 16.4. The lowest BCUT2D eigenvalue weighted by molar-refractivity contribution is -0.136. The van der Waals surface area contributed by atoms with Crippen LogP contribution in [0.4, 0.5) is 0 Å². The summed E-state index contributed by atoms with van der Waals surface area (Å²) in [5.41, 5.74) is -0.810. The van der Waals surface area contributed by atoms with Crippen LogP contribution in [0.5, 0.6) is 0 Å². The van der Waals surface area contributed by atoms with Crippen molar-refractivity contribution in [2.45, 2.75) is 26.3 Å². The molecule has 0 saturated carbocycles. The molecule has 2 aromatic heterocycles. The summed E-state index contributed by atoms with van der Waals surface area (Å²) in [7, 11) is 0. The summed E-state index contributed by atoms with van der Waals surface area (Å²) in [5.74, 6) is -0.909. The molecule has 3 N–H and O–H groups in total. The number of H-pyrrole nitrogens is 2. The first kappa shape index (κ1) is 12.1. The highest BCUT2D eigenvalue weighted by Crippen LogP contribution is 2.06. The fourth-order valence-electron chi connectivity index (χ4n) is 1.75. The van der Waals surface area contributed by atoms with E-state index < -0.39 is 17.2 Å². The van der Waals surface area contributed by atoms with Gasteiger partial charge in [0.1, 0.15) is 17.8 Å². The molecule has 0 saturated heterocycles. The molecule has 0 spiro atoms. The van der Waals surface area contributed by atoms with Crippen molar-refractivity contribution in [1.29, 1.82) is 0 Å².